The quantitative estimate of drug-likeness (QED) is 0.325. The van der Waals surface area contributed by atoms with E-state index in [4.69, 9.17) is 9.47 Å². The highest BCUT2D eigenvalue weighted by Gasteiger charge is 2.40. The highest BCUT2D eigenvalue weighted by molar-refractivity contribution is 5.90. The fourth-order valence-electron chi connectivity index (χ4n) is 1.86. The molecule has 1 aliphatic rings. The van der Waals surface area contributed by atoms with Gasteiger partial charge in [-0.2, -0.15) is 0 Å². The lowest BCUT2D eigenvalue weighted by Crippen LogP contribution is -2.37. The number of nitrogens with one attached hydrogen (secondary N) is 1. The van der Waals surface area contributed by atoms with Crippen LogP contribution in [0.5, 0.6) is 0 Å². The van der Waals surface area contributed by atoms with Gasteiger partial charge in [0, 0.05) is 6.54 Å². The Morgan fingerprint density at radius 3 is 2.81 bits per heavy atom. The summed E-state index contributed by atoms with van der Waals surface area (Å²) in [5, 5.41) is 13.0. The average molecular weight is 301 g/mol. The predicted molar refractivity (Wildman–Crippen MR) is 74.1 cm³/mol. The van der Waals surface area contributed by atoms with E-state index in [1.165, 1.54) is 0 Å². The molecule has 0 amide bonds. The Labute approximate surface area is 124 Å². The van der Waals surface area contributed by atoms with Crippen LogP contribution in [0.25, 0.3) is 0 Å². The molecule has 0 radical (unpaired) electrons. The number of hydrogen-bond donors (Lipinski definition) is 2. The monoisotopic (exact) mass is 301 g/mol. The van der Waals surface area contributed by atoms with Crippen molar-refractivity contribution in [3.63, 3.8) is 0 Å². The number of aliphatic hydroxyl groups excluding tert-OH is 1. The van der Waals surface area contributed by atoms with E-state index in [-0.39, 0.29) is 18.8 Å². The maximum atomic E-state index is 11.9. The van der Waals surface area contributed by atoms with Crippen molar-refractivity contribution in [1.82, 2.24) is 5.32 Å². The molecule has 0 spiro atoms. The maximum Gasteiger partial charge on any atom is 0.376 e. The van der Waals surface area contributed by atoms with E-state index in [2.05, 4.69) is 10.1 Å². The van der Waals surface area contributed by atoms with Crippen LogP contribution in [0.4, 0.5) is 0 Å². The second-order valence-electron chi connectivity index (χ2n) is 4.69. The van der Waals surface area contributed by atoms with Gasteiger partial charge in [-0.25, -0.2) is 4.79 Å². The fraction of sp³-hybridized carbons (Fsp3) is 0.714. The number of hydrogen-bond acceptors (Lipinski definition) is 7. The van der Waals surface area contributed by atoms with Crippen LogP contribution in [0.3, 0.4) is 0 Å². The number of carbonyl (C=O) groups is 2. The van der Waals surface area contributed by atoms with E-state index < -0.39 is 18.2 Å². The summed E-state index contributed by atoms with van der Waals surface area (Å²) in [4.78, 5) is 22.1. The summed E-state index contributed by atoms with van der Waals surface area (Å²) in [5.74, 6) is -0.507. The van der Waals surface area contributed by atoms with Gasteiger partial charge < -0.3 is 24.6 Å². The zero-order valence-electron chi connectivity index (χ0n) is 12.5. The van der Waals surface area contributed by atoms with Crippen LogP contribution in [0.2, 0.25) is 0 Å². The minimum Gasteiger partial charge on any atom is -0.485 e. The number of rotatable bonds is 11. The molecule has 2 atom stereocenters. The Hall–Kier alpha value is -1.76. The zero-order chi connectivity index (χ0) is 15.7. The summed E-state index contributed by atoms with van der Waals surface area (Å²) in [6, 6.07) is 0. The van der Waals surface area contributed by atoms with Gasteiger partial charge in [0.05, 0.1) is 6.61 Å². The van der Waals surface area contributed by atoms with Crippen molar-refractivity contribution in [3.8, 4) is 0 Å². The lowest BCUT2D eigenvalue weighted by atomic mass is 10.1. The molecule has 1 aliphatic heterocycles. The predicted octanol–water partition coefficient (Wildman–Crippen LogP) is 0.474. The van der Waals surface area contributed by atoms with Gasteiger partial charge in [-0.15, -0.1) is 0 Å². The normalized spacial score (nSPS) is 19.2. The molecule has 0 aromatic rings. The number of unbranched alkanes of at least 4 members (excludes halogenated alkanes) is 1. The molecular formula is C14H23NO6. The van der Waals surface area contributed by atoms with Crippen LogP contribution >= 0.6 is 0 Å². The largest absolute Gasteiger partial charge is 0.485 e. The highest BCUT2D eigenvalue weighted by atomic mass is 16.6. The van der Waals surface area contributed by atoms with E-state index in [0.29, 0.717) is 18.8 Å². The number of ether oxygens (including phenoxy) is 3. The van der Waals surface area contributed by atoms with Crippen LogP contribution in [-0.4, -0.2) is 49.5 Å². The molecule has 1 rings (SSSR count). The first-order valence-corrected chi connectivity index (χ1v) is 7.20. The second-order valence-corrected chi connectivity index (χ2v) is 4.69. The summed E-state index contributed by atoms with van der Waals surface area (Å²) >= 11 is 0. The summed E-state index contributed by atoms with van der Waals surface area (Å²) in [5.41, 5.74) is 0.417. The molecule has 7 heteroatoms. The Balaban J connectivity index is 2.81. The molecule has 120 valence electrons. The Morgan fingerprint density at radius 2 is 2.19 bits per heavy atom. The lowest BCUT2D eigenvalue weighted by Gasteiger charge is -2.19. The van der Waals surface area contributed by atoms with E-state index in [0.717, 1.165) is 19.3 Å². The van der Waals surface area contributed by atoms with Crippen molar-refractivity contribution in [3.05, 3.63) is 11.5 Å². The topological polar surface area (TPSA) is 94.1 Å². The third kappa shape index (κ3) is 4.93. The third-order valence-corrected chi connectivity index (χ3v) is 2.94. The van der Waals surface area contributed by atoms with Crippen LogP contribution in [0.15, 0.2) is 11.5 Å². The first-order chi connectivity index (χ1) is 10.2. The number of cyclic esters (lactones) is 1. The van der Waals surface area contributed by atoms with Crippen molar-refractivity contribution in [2.45, 2.75) is 45.3 Å². The molecule has 0 aromatic carbocycles. The van der Waals surface area contributed by atoms with E-state index in [1.807, 2.05) is 13.8 Å². The maximum absolute atomic E-state index is 11.9. The van der Waals surface area contributed by atoms with Crippen LogP contribution < -0.4 is 5.32 Å². The molecule has 0 aromatic heterocycles. The third-order valence-electron chi connectivity index (χ3n) is 2.94. The number of carbonyl (C=O) groups excluding carboxylic acids is 2. The van der Waals surface area contributed by atoms with Crippen molar-refractivity contribution < 1.29 is 28.9 Å². The van der Waals surface area contributed by atoms with Crippen molar-refractivity contribution in [2.24, 2.45) is 0 Å². The smallest absolute Gasteiger partial charge is 0.376 e. The number of esters is 1. The Bertz CT molecular complexity index is 382. The minimum atomic E-state index is -1.13. The Kier molecular flexibility index (Phi) is 7.60. The van der Waals surface area contributed by atoms with Gasteiger partial charge in [0.15, 0.2) is 6.10 Å². The molecule has 0 saturated heterocycles. The van der Waals surface area contributed by atoms with E-state index >= 15 is 0 Å². The second kappa shape index (κ2) is 9.23. The fourth-order valence-corrected chi connectivity index (χ4v) is 1.86. The number of aliphatic hydroxyl groups is 1. The minimum absolute atomic E-state index is 0.104. The molecule has 0 saturated carbocycles. The lowest BCUT2D eigenvalue weighted by molar-refractivity contribution is -0.149. The van der Waals surface area contributed by atoms with Crippen molar-refractivity contribution >= 4 is 12.4 Å². The molecule has 7 nitrogen and oxygen atoms in total. The molecule has 0 bridgehead atoms. The molecular weight excluding hydrogens is 278 g/mol. The summed E-state index contributed by atoms with van der Waals surface area (Å²) < 4.78 is 15.1. The first-order valence-electron chi connectivity index (χ1n) is 7.20. The van der Waals surface area contributed by atoms with Gasteiger partial charge in [-0.3, -0.25) is 4.79 Å². The molecule has 2 N–H and O–H groups in total. The summed E-state index contributed by atoms with van der Waals surface area (Å²) in [6.07, 6.45) is 0.568. The molecule has 0 fully saturated rings. The highest BCUT2D eigenvalue weighted by Crippen LogP contribution is 2.24. The van der Waals surface area contributed by atoms with Crippen LogP contribution in [0.1, 0.15) is 33.1 Å². The summed E-state index contributed by atoms with van der Waals surface area (Å²) in [7, 11) is 0. The van der Waals surface area contributed by atoms with Crippen molar-refractivity contribution in [1.29, 1.82) is 0 Å². The first kappa shape index (κ1) is 17.3. The zero-order valence-corrected chi connectivity index (χ0v) is 12.5. The molecule has 1 heterocycles. The van der Waals surface area contributed by atoms with Gasteiger partial charge in [-0.05, 0) is 12.8 Å². The van der Waals surface area contributed by atoms with Crippen LogP contribution in [-0.2, 0) is 23.8 Å². The molecule has 0 unspecified atom stereocenters. The van der Waals surface area contributed by atoms with E-state index in [9.17, 15) is 14.7 Å². The van der Waals surface area contributed by atoms with Crippen LogP contribution in [0, 0.1) is 0 Å². The Morgan fingerprint density at radius 1 is 1.43 bits per heavy atom. The standard InChI is InChI=1S/C14H23NO6/c1-3-5-7-20-13-11(15-6-4-2)12(21-14(13)18)10(17)8-19-9-16/h9-10,12,15,17H,3-8H2,1-2H3/t10-,12+/m0/s1. The van der Waals surface area contributed by atoms with Gasteiger partial charge in [0.2, 0.25) is 5.76 Å². The molecule has 21 heavy (non-hydrogen) atoms. The summed E-state index contributed by atoms with van der Waals surface area (Å²) in [6.45, 7) is 5.01. The molecule has 0 aliphatic carbocycles. The van der Waals surface area contributed by atoms with Crippen molar-refractivity contribution in [2.75, 3.05) is 19.8 Å². The van der Waals surface area contributed by atoms with Gasteiger partial charge in [-0.1, -0.05) is 20.3 Å². The van der Waals surface area contributed by atoms with Gasteiger partial charge in [0.25, 0.3) is 6.47 Å². The van der Waals surface area contributed by atoms with Gasteiger partial charge >= 0.3 is 5.97 Å². The van der Waals surface area contributed by atoms with Gasteiger partial charge in [0.1, 0.15) is 18.4 Å². The SMILES string of the molecule is CCCCOC1=C(NCCC)[C@@H]([C@@H](O)COC=O)OC1=O. The van der Waals surface area contributed by atoms with E-state index in [1.54, 1.807) is 0 Å². The average Bonchev–Trinajstić information content (AvgIpc) is 2.79.